The summed E-state index contributed by atoms with van der Waals surface area (Å²) < 4.78 is 18.7. The van der Waals surface area contributed by atoms with E-state index in [4.69, 9.17) is 14.2 Å². The van der Waals surface area contributed by atoms with Crippen molar-refractivity contribution in [2.75, 3.05) is 32.9 Å². The summed E-state index contributed by atoms with van der Waals surface area (Å²) in [5.74, 6) is 1.41. The first-order valence-electron chi connectivity index (χ1n) is 8.96. The van der Waals surface area contributed by atoms with Crippen LogP contribution in [-0.4, -0.2) is 59.6 Å². The van der Waals surface area contributed by atoms with E-state index in [1.165, 1.54) is 0 Å². The number of carbonyl (C=O) groups is 1. The number of nitrogens with zero attached hydrogens (tertiary/aromatic N) is 3. The van der Waals surface area contributed by atoms with Gasteiger partial charge in [-0.1, -0.05) is 0 Å². The third-order valence-electron chi connectivity index (χ3n) is 4.61. The van der Waals surface area contributed by atoms with E-state index in [1.54, 1.807) is 10.9 Å². The zero-order valence-electron chi connectivity index (χ0n) is 15.1. The summed E-state index contributed by atoms with van der Waals surface area (Å²) in [4.78, 5) is 14.9. The van der Waals surface area contributed by atoms with Crippen LogP contribution in [0.5, 0.6) is 11.5 Å². The van der Waals surface area contributed by atoms with E-state index in [1.807, 2.05) is 37.1 Å². The number of hydrogen-bond donors (Lipinski definition) is 0. The Bertz CT molecular complexity index is 817. The van der Waals surface area contributed by atoms with E-state index >= 15 is 0 Å². The van der Waals surface area contributed by atoms with Gasteiger partial charge in [-0.2, -0.15) is 5.10 Å². The smallest absolute Gasteiger partial charge is 0.257 e. The number of aromatic nitrogens is 2. The summed E-state index contributed by atoms with van der Waals surface area (Å²) in [5, 5.41) is 4.53. The molecule has 1 aromatic carbocycles. The van der Waals surface area contributed by atoms with Gasteiger partial charge in [0, 0.05) is 38.3 Å². The lowest BCUT2D eigenvalue weighted by molar-refractivity contribution is -0.0123. The van der Waals surface area contributed by atoms with Crippen LogP contribution in [0.25, 0.3) is 11.3 Å². The molecule has 3 heterocycles. The van der Waals surface area contributed by atoms with Crippen LogP contribution in [0.15, 0.2) is 24.4 Å². The molecule has 2 aliphatic heterocycles. The fourth-order valence-corrected chi connectivity index (χ4v) is 3.34. The summed E-state index contributed by atoms with van der Waals surface area (Å²) in [5.41, 5.74) is 2.10. The van der Waals surface area contributed by atoms with Crippen molar-refractivity contribution in [2.45, 2.75) is 19.4 Å². The van der Waals surface area contributed by atoms with Gasteiger partial charge < -0.3 is 19.1 Å². The number of benzene rings is 1. The highest BCUT2D eigenvalue weighted by Gasteiger charge is 2.27. The Labute approximate surface area is 152 Å². The number of rotatable bonds is 2. The van der Waals surface area contributed by atoms with Gasteiger partial charge in [0.25, 0.3) is 5.91 Å². The van der Waals surface area contributed by atoms with Gasteiger partial charge in [-0.3, -0.25) is 9.48 Å². The maximum absolute atomic E-state index is 13.1. The SMILES string of the molecule is C[C@H]1CN(C(=O)c2cn(C)nc2-c2ccc3c(c2)OCCCO3)CCO1. The standard InChI is InChI=1S/C19H23N3O4/c1-13-11-22(6-9-24-13)19(23)15-12-21(2)20-18(15)14-4-5-16-17(10-14)26-8-3-7-25-16/h4-5,10,12-13H,3,6-9,11H2,1-2H3/t13-/m0/s1. The first-order valence-corrected chi connectivity index (χ1v) is 8.96. The van der Waals surface area contributed by atoms with E-state index in [2.05, 4.69) is 5.10 Å². The summed E-state index contributed by atoms with van der Waals surface area (Å²) in [7, 11) is 1.82. The molecule has 1 amide bonds. The number of amides is 1. The first kappa shape index (κ1) is 16.9. The molecule has 7 heteroatoms. The topological polar surface area (TPSA) is 65.8 Å². The highest BCUT2D eigenvalue weighted by Crippen LogP contribution is 2.35. The molecule has 1 aromatic heterocycles. The Morgan fingerprint density at radius 2 is 2.00 bits per heavy atom. The Balaban J connectivity index is 1.67. The van der Waals surface area contributed by atoms with Crippen LogP contribution in [0.4, 0.5) is 0 Å². The van der Waals surface area contributed by atoms with Crippen molar-refractivity contribution in [3.05, 3.63) is 30.0 Å². The Kier molecular flexibility index (Phi) is 4.55. The van der Waals surface area contributed by atoms with Crippen molar-refractivity contribution in [3.8, 4) is 22.8 Å². The molecule has 1 saturated heterocycles. The molecule has 2 aromatic rings. The minimum absolute atomic E-state index is 0.0182. The number of fused-ring (bicyclic) bond motifs is 1. The third-order valence-corrected chi connectivity index (χ3v) is 4.61. The van der Waals surface area contributed by atoms with Crippen molar-refractivity contribution in [2.24, 2.45) is 7.05 Å². The van der Waals surface area contributed by atoms with Crippen LogP contribution >= 0.6 is 0 Å². The first-order chi connectivity index (χ1) is 12.6. The second-order valence-electron chi connectivity index (χ2n) is 6.71. The minimum atomic E-state index is -0.0182. The van der Waals surface area contributed by atoms with E-state index in [-0.39, 0.29) is 12.0 Å². The van der Waals surface area contributed by atoms with Gasteiger partial charge in [0.2, 0.25) is 0 Å². The van der Waals surface area contributed by atoms with E-state index < -0.39 is 0 Å². The molecule has 7 nitrogen and oxygen atoms in total. The van der Waals surface area contributed by atoms with Crippen LogP contribution < -0.4 is 9.47 Å². The number of aryl methyl sites for hydroxylation is 1. The molecule has 0 N–H and O–H groups in total. The maximum Gasteiger partial charge on any atom is 0.257 e. The molecular formula is C19H23N3O4. The quantitative estimate of drug-likeness (QED) is 0.824. The Morgan fingerprint density at radius 3 is 2.81 bits per heavy atom. The second-order valence-corrected chi connectivity index (χ2v) is 6.71. The van der Waals surface area contributed by atoms with Crippen LogP contribution in [0, 0.1) is 0 Å². The zero-order valence-corrected chi connectivity index (χ0v) is 15.1. The maximum atomic E-state index is 13.1. The van der Waals surface area contributed by atoms with Crippen molar-refractivity contribution in [3.63, 3.8) is 0 Å². The average Bonchev–Trinajstić information content (AvgIpc) is 2.87. The van der Waals surface area contributed by atoms with Crippen molar-refractivity contribution in [1.82, 2.24) is 14.7 Å². The molecule has 4 rings (SSSR count). The second kappa shape index (κ2) is 6.99. The zero-order chi connectivity index (χ0) is 18.1. The largest absolute Gasteiger partial charge is 0.490 e. The van der Waals surface area contributed by atoms with Gasteiger partial charge in [-0.25, -0.2) is 0 Å². The molecule has 0 radical (unpaired) electrons. The lowest BCUT2D eigenvalue weighted by Crippen LogP contribution is -2.44. The third kappa shape index (κ3) is 3.26. The van der Waals surface area contributed by atoms with Crippen LogP contribution in [0.2, 0.25) is 0 Å². The Hall–Kier alpha value is -2.54. The number of hydrogen-bond acceptors (Lipinski definition) is 5. The van der Waals surface area contributed by atoms with Gasteiger partial charge in [-0.05, 0) is 25.1 Å². The average molecular weight is 357 g/mol. The summed E-state index contributed by atoms with van der Waals surface area (Å²) >= 11 is 0. The minimum Gasteiger partial charge on any atom is -0.490 e. The summed E-state index contributed by atoms with van der Waals surface area (Å²) in [6.07, 6.45) is 2.68. The van der Waals surface area contributed by atoms with E-state index in [0.29, 0.717) is 49.9 Å². The molecule has 2 aliphatic rings. The number of ether oxygens (including phenoxy) is 3. The number of morpholine rings is 1. The summed E-state index contributed by atoms with van der Waals surface area (Å²) in [6.45, 7) is 5.00. The fourth-order valence-electron chi connectivity index (χ4n) is 3.34. The molecule has 138 valence electrons. The van der Waals surface area contributed by atoms with Crippen molar-refractivity contribution < 1.29 is 19.0 Å². The molecule has 0 aliphatic carbocycles. The Morgan fingerprint density at radius 1 is 1.19 bits per heavy atom. The van der Waals surface area contributed by atoms with Gasteiger partial charge in [-0.15, -0.1) is 0 Å². The lowest BCUT2D eigenvalue weighted by Gasteiger charge is -2.31. The summed E-state index contributed by atoms with van der Waals surface area (Å²) in [6, 6.07) is 5.71. The molecule has 0 unspecified atom stereocenters. The van der Waals surface area contributed by atoms with Crippen molar-refractivity contribution >= 4 is 5.91 Å². The van der Waals surface area contributed by atoms with Crippen LogP contribution in [-0.2, 0) is 11.8 Å². The molecule has 0 saturated carbocycles. The lowest BCUT2D eigenvalue weighted by atomic mass is 10.1. The predicted octanol–water partition coefficient (Wildman–Crippen LogP) is 2.11. The monoisotopic (exact) mass is 357 g/mol. The van der Waals surface area contributed by atoms with Crippen LogP contribution in [0.3, 0.4) is 0 Å². The van der Waals surface area contributed by atoms with Gasteiger partial charge in [0.1, 0.15) is 5.69 Å². The highest BCUT2D eigenvalue weighted by molar-refractivity contribution is 6.00. The van der Waals surface area contributed by atoms with Gasteiger partial charge in [0.05, 0.1) is 31.5 Å². The molecule has 0 bridgehead atoms. The van der Waals surface area contributed by atoms with E-state index in [9.17, 15) is 4.79 Å². The van der Waals surface area contributed by atoms with E-state index in [0.717, 1.165) is 17.7 Å². The van der Waals surface area contributed by atoms with Gasteiger partial charge in [0.15, 0.2) is 11.5 Å². The normalized spacial score (nSPS) is 19.9. The van der Waals surface area contributed by atoms with Gasteiger partial charge >= 0.3 is 0 Å². The molecular weight excluding hydrogens is 334 g/mol. The number of carbonyl (C=O) groups excluding carboxylic acids is 1. The van der Waals surface area contributed by atoms with Crippen LogP contribution in [0.1, 0.15) is 23.7 Å². The van der Waals surface area contributed by atoms with Crippen molar-refractivity contribution in [1.29, 1.82) is 0 Å². The molecule has 26 heavy (non-hydrogen) atoms. The highest BCUT2D eigenvalue weighted by atomic mass is 16.5. The molecule has 0 spiro atoms. The predicted molar refractivity (Wildman–Crippen MR) is 95.6 cm³/mol. The molecule has 1 fully saturated rings. The fraction of sp³-hybridized carbons (Fsp3) is 0.474. The molecule has 1 atom stereocenters.